The van der Waals surface area contributed by atoms with E-state index in [1.165, 1.54) is 11.3 Å². The minimum absolute atomic E-state index is 0.143. The van der Waals surface area contributed by atoms with Crippen molar-refractivity contribution in [1.82, 2.24) is 28.6 Å². The topological polar surface area (TPSA) is 147 Å². The second-order valence-corrected chi connectivity index (χ2v) is 18.6. The summed E-state index contributed by atoms with van der Waals surface area (Å²) in [6, 6.07) is 11.9. The van der Waals surface area contributed by atoms with E-state index in [1.54, 1.807) is 46.9 Å². The zero-order valence-electron chi connectivity index (χ0n) is 32.7. The number of halogens is 1. The number of sulfonamides is 1. The molecule has 56 heavy (non-hydrogen) atoms. The van der Waals surface area contributed by atoms with Crippen molar-refractivity contribution in [3.63, 3.8) is 0 Å². The number of likely N-dealkylation sites (tertiary alicyclic amines) is 2. The Morgan fingerprint density at radius 2 is 1.43 bits per heavy atom. The predicted molar refractivity (Wildman–Crippen MR) is 219 cm³/mol. The molecule has 300 valence electrons. The maximum Gasteiger partial charge on any atom is 0.245 e. The fourth-order valence-corrected chi connectivity index (χ4v) is 10.4. The van der Waals surface area contributed by atoms with Gasteiger partial charge in [-0.3, -0.25) is 9.59 Å². The smallest absolute Gasteiger partial charge is 0.245 e. The van der Waals surface area contributed by atoms with Crippen molar-refractivity contribution in [1.29, 1.82) is 10.5 Å². The van der Waals surface area contributed by atoms with Gasteiger partial charge >= 0.3 is 0 Å². The van der Waals surface area contributed by atoms with Gasteiger partial charge in [-0.25, -0.2) is 8.42 Å². The summed E-state index contributed by atoms with van der Waals surface area (Å²) in [4.78, 5) is 34.1. The summed E-state index contributed by atoms with van der Waals surface area (Å²) < 4.78 is 32.4. The SMILES string of the molecule is CC1CCN(C(=O)C(CCn2cccc2C#N)N2CC=CC=C2Cl)CC1.Cc1cc(S(=O)(=O)NC(CCn2cccc2C#N)C(=O)N2CCC(C)CC2)c(C)s1. The van der Waals surface area contributed by atoms with E-state index in [4.69, 9.17) is 11.6 Å². The third-order valence-electron chi connectivity index (χ3n) is 10.9. The highest BCUT2D eigenvalue weighted by Gasteiger charge is 2.34. The molecule has 2 saturated heterocycles. The van der Waals surface area contributed by atoms with Crippen LogP contribution in [-0.2, 0) is 32.7 Å². The first-order chi connectivity index (χ1) is 26.8. The van der Waals surface area contributed by atoms with Crippen LogP contribution < -0.4 is 4.72 Å². The average molecular weight is 822 g/mol. The molecule has 2 unspecified atom stereocenters. The fourth-order valence-electron chi connectivity index (χ4n) is 7.39. The largest absolute Gasteiger partial charge is 0.347 e. The first kappa shape index (κ1) is 42.8. The molecule has 2 amide bonds. The lowest BCUT2D eigenvalue weighted by Gasteiger charge is -2.38. The van der Waals surface area contributed by atoms with E-state index in [9.17, 15) is 28.5 Å². The predicted octanol–water partition coefficient (Wildman–Crippen LogP) is 6.36. The van der Waals surface area contributed by atoms with Crippen molar-refractivity contribution in [3.8, 4) is 12.1 Å². The van der Waals surface area contributed by atoms with Crippen LogP contribution in [0.15, 0.2) is 71.0 Å². The molecule has 0 aromatic carbocycles. The van der Waals surface area contributed by atoms with E-state index in [0.29, 0.717) is 72.4 Å². The van der Waals surface area contributed by atoms with Crippen molar-refractivity contribution in [2.75, 3.05) is 32.7 Å². The quantitative estimate of drug-likeness (QED) is 0.209. The van der Waals surface area contributed by atoms with Crippen molar-refractivity contribution >= 4 is 44.8 Å². The summed E-state index contributed by atoms with van der Waals surface area (Å²) in [6.07, 6.45) is 14.3. The summed E-state index contributed by atoms with van der Waals surface area (Å²) in [6.45, 7) is 12.6. The first-order valence-electron chi connectivity index (χ1n) is 19.4. The molecular formula is C41H53ClN8O4S2. The Kier molecular flexibility index (Phi) is 15.0. The zero-order chi connectivity index (χ0) is 40.4. The summed E-state index contributed by atoms with van der Waals surface area (Å²) in [5.41, 5.74) is 1.10. The van der Waals surface area contributed by atoms with Gasteiger partial charge < -0.3 is 23.8 Å². The Morgan fingerprint density at radius 3 is 1.93 bits per heavy atom. The highest BCUT2D eigenvalue weighted by molar-refractivity contribution is 7.89. The van der Waals surface area contributed by atoms with Crippen LogP contribution in [0.2, 0.25) is 0 Å². The third-order valence-corrected chi connectivity index (χ3v) is 13.9. The molecule has 1 N–H and O–H groups in total. The maximum atomic E-state index is 13.3. The third kappa shape index (κ3) is 10.9. The molecule has 6 heterocycles. The number of aryl methyl sites for hydroxylation is 4. The van der Waals surface area contributed by atoms with Crippen molar-refractivity contribution < 1.29 is 18.0 Å². The number of nitrogens with zero attached hydrogens (tertiary/aromatic N) is 7. The highest BCUT2D eigenvalue weighted by Crippen LogP contribution is 2.27. The van der Waals surface area contributed by atoms with Gasteiger partial charge in [0.05, 0.1) is 4.90 Å². The van der Waals surface area contributed by atoms with Crippen LogP contribution in [0.3, 0.4) is 0 Å². The second-order valence-electron chi connectivity index (χ2n) is 15.0. The molecule has 0 aliphatic carbocycles. The summed E-state index contributed by atoms with van der Waals surface area (Å²) >= 11 is 7.83. The molecule has 0 spiro atoms. The number of aromatic nitrogens is 2. The van der Waals surface area contributed by atoms with Crippen LogP contribution >= 0.6 is 22.9 Å². The molecule has 3 aliphatic rings. The van der Waals surface area contributed by atoms with Gasteiger partial charge in [0, 0.05) is 68.0 Å². The molecule has 0 bridgehead atoms. The normalized spacial score (nSPS) is 17.7. The second kappa shape index (κ2) is 19.7. The lowest BCUT2D eigenvalue weighted by atomic mass is 9.98. The van der Waals surface area contributed by atoms with Gasteiger partial charge in [-0.2, -0.15) is 15.2 Å². The molecule has 2 atom stereocenters. The number of nitriles is 2. The number of piperidine rings is 2. The Bertz CT molecular complexity index is 2070. The Balaban J connectivity index is 0.000000216. The van der Waals surface area contributed by atoms with Crippen molar-refractivity contribution in [3.05, 3.63) is 87.3 Å². The van der Waals surface area contributed by atoms with E-state index in [0.717, 1.165) is 43.6 Å². The van der Waals surface area contributed by atoms with Crippen LogP contribution in [0.1, 0.15) is 73.5 Å². The molecule has 3 aliphatic heterocycles. The molecule has 3 aromatic heterocycles. The number of carbonyl (C=O) groups excluding carboxylic acids is 2. The van der Waals surface area contributed by atoms with Crippen LogP contribution in [0.25, 0.3) is 0 Å². The van der Waals surface area contributed by atoms with Crippen molar-refractivity contribution in [2.24, 2.45) is 11.8 Å². The summed E-state index contributed by atoms with van der Waals surface area (Å²) in [5.74, 6) is 1.20. The molecule has 12 nitrogen and oxygen atoms in total. The van der Waals surface area contributed by atoms with E-state index in [1.807, 2.05) is 51.8 Å². The lowest BCUT2D eigenvalue weighted by Crippen LogP contribution is -2.50. The Morgan fingerprint density at radius 1 is 0.893 bits per heavy atom. The molecule has 15 heteroatoms. The van der Waals surface area contributed by atoms with Gasteiger partial charge in [0.1, 0.15) is 40.8 Å². The van der Waals surface area contributed by atoms with Crippen LogP contribution in [-0.4, -0.2) is 88.9 Å². The zero-order valence-corrected chi connectivity index (χ0v) is 35.1. The molecule has 0 radical (unpaired) electrons. The lowest BCUT2D eigenvalue weighted by molar-refractivity contribution is -0.137. The van der Waals surface area contributed by atoms with E-state index in [2.05, 4.69) is 30.7 Å². The number of hydrogen-bond donors (Lipinski definition) is 1. The minimum Gasteiger partial charge on any atom is -0.347 e. The molecule has 6 rings (SSSR count). The molecular weight excluding hydrogens is 768 g/mol. The molecule has 0 saturated carbocycles. The minimum atomic E-state index is -3.83. The first-order valence-corrected chi connectivity index (χ1v) is 22.0. The van der Waals surface area contributed by atoms with Gasteiger partial charge in [0.2, 0.25) is 21.8 Å². The number of thiophene rings is 1. The number of carbonyl (C=O) groups is 2. The van der Waals surface area contributed by atoms with E-state index < -0.39 is 16.1 Å². The number of allylic oxidation sites excluding steroid dienone is 2. The number of hydrogen-bond acceptors (Lipinski definition) is 8. The van der Waals surface area contributed by atoms with Crippen molar-refractivity contribution in [2.45, 2.75) is 96.3 Å². The standard InChI is InChI=1S/C21H28N4O3S2.C20H25ClN4O/c1-15-6-10-25(11-7-15)21(26)19(8-12-24-9-4-5-18(24)14-22)23-30(27,28)20-13-16(2)29-17(20)3;1-16-7-12-24(13-8-16)20(26)18(25-11-3-2-6-19(25)21)9-14-23-10-4-5-17(23)15-22/h4-5,9,13,15,19,23H,6-8,10-12H2,1-3H3;2-6,10,16,18H,7-9,11-14H2,1H3. The summed E-state index contributed by atoms with van der Waals surface area (Å²) in [5, 5.41) is 19.0. The monoisotopic (exact) mass is 820 g/mol. The van der Waals surface area contributed by atoms with Crippen LogP contribution in [0.4, 0.5) is 0 Å². The van der Waals surface area contributed by atoms with Gasteiger partial charge in [0.25, 0.3) is 0 Å². The van der Waals surface area contributed by atoms with Gasteiger partial charge in [0.15, 0.2) is 0 Å². The Hall–Kier alpha value is -4.34. The molecule has 2 fully saturated rings. The summed E-state index contributed by atoms with van der Waals surface area (Å²) in [7, 11) is -3.83. The van der Waals surface area contributed by atoms with Crippen LogP contribution in [0.5, 0.6) is 0 Å². The van der Waals surface area contributed by atoms with Gasteiger partial charge in [-0.1, -0.05) is 37.6 Å². The van der Waals surface area contributed by atoms with Gasteiger partial charge in [-0.05, 0) is 101 Å². The number of amides is 2. The number of rotatable bonds is 12. The molecule has 3 aromatic rings. The highest BCUT2D eigenvalue weighted by atomic mass is 35.5. The Labute approximate surface area is 340 Å². The van der Waals surface area contributed by atoms with E-state index >= 15 is 0 Å². The fraction of sp³-hybridized carbons (Fsp3) is 0.512. The van der Waals surface area contributed by atoms with E-state index in [-0.39, 0.29) is 29.2 Å². The average Bonchev–Trinajstić information content (AvgIpc) is 3.94. The van der Waals surface area contributed by atoms with Crippen LogP contribution in [0, 0.1) is 48.3 Å². The maximum absolute atomic E-state index is 13.3. The number of nitrogens with one attached hydrogen (secondary N) is 1. The van der Waals surface area contributed by atoms with Gasteiger partial charge in [-0.15, -0.1) is 11.3 Å².